The van der Waals surface area contributed by atoms with Gasteiger partial charge in [-0.1, -0.05) is 6.07 Å². The lowest BCUT2D eigenvalue weighted by molar-refractivity contribution is -0.116. The molecule has 12 heavy (non-hydrogen) atoms. The maximum Gasteiger partial charge on any atom is 0.152 e. The lowest BCUT2D eigenvalue weighted by atomic mass is 10.1. The third kappa shape index (κ3) is 2.80. The fourth-order valence-electron chi connectivity index (χ4n) is 0.761. The van der Waals surface area contributed by atoms with Crippen LogP contribution in [-0.2, 0) is 4.79 Å². The molecule has 0 aliphatic carbocycles. The van der Waals surface area contributed by atoms with Crippen molar-refractivity contribution in [3.05, 3.63) is 30.1 Å². The molecule has 0 radical (unpaired) electrons. The minimum Gasteiger partial charge on any atom is -0.298 e. The molecule has 0 fully saturated rings. The van der Waals surface area contributed by atoms with E-state index in [1.807, 2.05) is 0 Å². The molecule has 0 bridgehead atoms. The standard InChI is InChI=1S/C8H8ClNO.ClH/c1-6(11)8(9)7-3-2-4-10-5-7;/h2-5,8H,1H3;1H. The number of carbonyl (C=O) groups is 1. The number of aromatic nitrogens is 1. The molecule has 0 aliphatic rings. The molecule has 1 heterocycles. The molecular formula is C8H9Cl2NO. The molecule has 0 saturated heterocycles. The predicted molar refractivity (Wildman–Crippen MR) is 50.8 cm³/mol. The highest BCUT2D eigenvalue weighted by atomic mass is 35.5. The van der Waals surface area contributed by atoms with Crippen LogP contribution >= 0.6 is 24.0 Å². The van der Waals surface area contributed by atoms with E-state index >= 15 is 0 Å². The summed E-state index contributed by atoms with van der Waals surface area (Å²) in [4.78, 5) is 14.6. The van der Waals surface area contributed by atoms with Crippen molar-refractivity contribution >= 4 is 29.8 Å². The third-order valence-electron chi connectivity index (χ3n) is 1.33. The highest BCUT2D eigenvalue weighted by Gasteiger charge is 2.11. The van der Waals surface area contributed by atoms with Gasteiger partial charge in [-0.05, 0) is 18.6 Å². The summed E-state index contributed by atoms with van der Waals surface area (Å²) in [6.07, 6.45) is 3.24. The Balaban J connectivity index is 0.00000121. The van der Waals surface area contributed by atoms with Gasteiger partial charge in [0.05, 0.1) is 0 Å². The normalized spacial score (nSPS) is 11.5. The molecule has 66 valence electrons. The topological polar surface area (TPSA) is 30.0 Å². The number of ketones is 1. The van der Waals surface area contributed by atoms with Crippen molar-refractivity contribution in [3.8, 4) is 0 Å². The lowest BCUT2D eigenvalue weighted by Gasteiger charge is -2.02. The van der Waals surface area contributed by atoms with Gasteiger partial charge in [-0.2, -0.15) is 0 Å². The molecule has 4 heteroatoms. The van der Waals surface area contributed by atoms with Gasteiger partial charge in [0.2, 0.25) is 0 Å². The number of carbonyl (C=O) groups excluding carboxylic acids is 1. The van der Waals surface area contributed by atoms with Crippen LogP contribution in [0.5, 0.6) is 0 Å². The summed E-state index contributed by atoms with van der Waals surface area (Å²) < 4.78 is 0. The number of Topliss-reactive ketones (excluding diaryl/α,β-unsaturated/α-hetero) is 1. The SMILES string of the molecule is CC(=O)C(Cl)c1cccnc1.Cl. The van der Waals surface area contributed by atoms with Crippen LogP contribution in [-0.4, -0.2) is 10.8 Å². The van der Waals surface area contributed by atoms with Crippen LogP contribution in [0.1, 0.15) is 17.9 Å². The summed E-state index contributed by atoms with van der Waals surface area (Å²) in [7, 11) is 0. The number of hydrogen-bond acceptors (Lipinski definition) is 2. The highest BCUT2D eigenvalue weighted by Crippen LogP contribution is 2.19. The molecule has 1 unspecified atom stereocenters. The number of rotatable bonds is 2. The summed E-state index contributed by atoms with van der Waals surface area (Å²) in [5, 5.41) is -0.552. The molecular weight excluding hydrogens is 197 g/mol. The van der Waals surface area contributed by atoms with Crippen LogP contribution in [0.2, 0.25) is 0 Å². The van der Waals surface area contributed by atoms with Gasteiger partial charge in [0.1, 0.15) is 5.38 Å². The maximum atomic E-state index is 10.8. The van der Waals surface area contributed by atoms with Crippen molar-refractivity contribution in [2.75, 3.05) is 0 Å². The smallest absolute Gasteiger partial charge is 0.152 e. The first-order valence-corrected chi connectivity index (χ1v) is 3.70. The van der Waals surface area contributed by atoms with Crippen molar-refractivity contribution in [2.45, 2.75) is 12.3 Å². The third-order valence-corrected chi connectivity index (χ3v) is 1.89. The Bertz CT molecular complexity index is 250. The summed E-state index contributed by atoms with van der Waals surface area (Å²) in [5.41, 5.74) is 0.752. The van der Waals surface area contributed by atoms with Crippen LogP contribution in [0.25, 0.3) is 0 Å². The van der Waals surface area contributed by atoms with E-state index in [0.717, 1.165) is 5.56 Å². The van der Waals surface area contributed by atoms with Crippen molar-refractivity contribution in [1.29, 1.82) is 0 Å². The molecule has 1 aromatic heterocycles. The number of pyridine rings is 1. The van der Waals surface area contributed by atoms with Gasteiger partial charge in [0.25, 0.3) is 0 Å². The van der Waals surface area contributed by atoms with E-state index in [4.69, 9.17) is 11.6 Å². The minimum atomic E-state index is -0.552. The zero-order valence-electron chi connectivity index (χ0n) is 6.53. The Kier molecular flexibility index (Phi) is 4.86. The Hall–Kier alpha value is -0.600. The van der Waals surface area contributed by atoms with Gasteiger partial charge in [-0.15, -0.1) is 24.0 Å². The largest absolute Gasteiger partial charge is 0.298 e. The monoisotopic (exact) mass is 205 g/mol. The van der Waals surface area contributed by atoms with E-state index in [9.17, 15) is 4.79 Å². The minimum absolute atomic E-state index is 0. The summed E-state index contributed by atoms with van der Waals surface area (Å²) in [5.74, 6) is -0.0559. The van der Waals surface area contributed by atoms with E-state index in [0.29, 0.717) is 0 Å². The molecule has 0 amide bonds. The molecule has 2 nitrogen and oxygen atoms in total. The quantitative estimate of drug-likeness (QED) is 0.695. The number of hydrogen-bond donors (Lipinski definition) is 0. The lowest BCUT2D eigenvalue weighted by Crippen LogP contribution is -2.01. The van der Waals surface area contributed by atoms with Gasteiger partial charge >= 0.3 is 0 Å². The molecule has 1 rings (SSSR count). The summed E-state index contributed by atoms with van der Waals surface area (Å²) >= 11 is 5.75. The van der Waals surface area contributed by atoms with Gasteiger partial charge in [-0.3, -0.25) is 9.78 Å². The Morgan fingerprint density at radius 1 is 1.67 bits per heavy atom. The number of nitrogens with zero attached hydrogens (tertiary/aromatic N) is 1. The van der Waals surface area contributed by atoms with E-state index in [1.54, 1.807) is 24.5 Å². The predicted octanol–water partition coefficient (Wildman–Crippen LogP) is 2.37. The van der Waals surface area contributed by atoms with Crippen molar-refractivity contribution in [2.24, 2.45) is 0 Å². The number of halogens is 2. The molecule has 1 atom stereocenters. The van der Waals surface area contributed by atoms with E-state index < -0.39 is 5.38 Å². The second-order valence-electron chi connectivity index (χ2n) is 2.26. The second kappa shape index (κ2) is 5.12. The van der Waals surface area contributed by atoms with Crippen molar-refractivity contribution in [3.63, 3.8) is 0 Å². The van der Waals surface area contributed by atoms with Crippen molar-refractivity contribution in [1.82, 2.24) is 4.98 Å². The Morgan fingerprint density at radius 2 is 2.33 bits per heavy atom. The van der Waals surface area contributed by atoms with Gasteiger partial charge in [-0.25, -0.2) is 0 Å². The highest BCUT2D eigenvalue weighted by molar-refractivity contribution is 6.30. The molecule has 0 N–H and O–H groups in total. The van der Waals surface area contributed by atoms with Crippen molar-refractivity contribution < 1.29 is 4.79 Å². The second-order valence-corrected chi connectivity index (χ2v) is 2.70. The van der Waals surface area contributed by atoms with Crippen LogP contribution in [0.4, 0.5) is 0 Å². The molecule has 1 aromatic rings. The average molecular weight is 206 g/mol. The fraction of sp³-hybridized carbons (Fsp3) is 0.250. The molecule has 0 saturated carbocycles. The average Bonchev–Trinajstić information content (AvgIpc) is 2.05. The van der Waals surface area contributed by atoms with Gasteiger partial charge in [0, 0.05) is 12.4 Å². The fourth-order valence-corrected chi connectivity index (χ4v) is 0.890. The van der Waals surface area contributed by atoms with Crippen LogP contribution in [0.15, 0.2) is 24.5 Å². The Morgan fingerprint density at radius 3 is 2.75 bits per heavy atom. The van der Waals surface area contributed by atoms with E-state index in [-0.39, 0.29) is 18.2 Å². The molecule has 0 aromatic carbocycles. The first-order valence-electron chi connectivity index (χ1n) is 3.26. The first-order chi connectivity index (χ1) is 5.22. The summed E-state index contributed by atoms with van der Waals surface area (Å²) in [6, 6.07) is 3.54. The molecule has 0 aliphatic heterocycles. The maximum absolute atomic E-state index is 10.8. The first kappa shape index (κ1) is 11.4. The van der Waals surface area contributed by atoms with Crippen LogP contribution < -0.4 is 0 Å². The molecule has 0 spiro atoms. The van der Waals surface area contributed by atoms with Gasteiger partial charge in [0.15, 0.2) is 5.78 Å². The van der Waals surface area contributed by atoms with E-state index in [1.165, 1.54) is 6.92 Å². The summed E-state index contributed by atoms with van der Waals surface area (Å²) in [6.45, 7) is 1.46. The number of alkyl halides is 1. The van der Waals surface area contributed by atoms with E-state index in [2.05, 4.69) is 4.98 Å². The van der Waals surface area contributed by atoms with Gasteiger partial charge < -0.3 is 0 Å². The zero-order valence-corrected chi connectivity index (χ0v) is 8.10. The van der Waals surface area contributed by atoms with Crippen LogP contribution in [0.3, 0.4) is 0 Å². The van der Waals surface area contributed by atoms with Crippen LogP contribution in [0, 0.1) is 0 Å². The Labute approximate surface area is 82.4 Å². The zero-order chi connectivity index (χ0) is 8.27.